The molecule has 0 N–H and O–H groups in total. The molecule has 3 rings (SSSR count). The van der Waals surface area contributed by atoms with Gasteiger partial charge in [-0.2, -0.15) is 5.10 Å². The van der Waals surface area contributed by atoms with Crippen molar-refractivity contribution < 1.29 is 14.3 Å². The number of amides is 1. The normalized spacial score (nSPS) is 14.7. The summed E-state index contributed by atoms with van der Waals surface area (Å²) in [6, 6.07) is 19.2. The maximum atomic E-state index is 12.4. The molecule has 2 aromatic rings. The van der Waals surface area contributed by atoms with Crippen LogP contribution in [0.3, 0.4) is 0 Å². The molecule has 1 aliphatic rings. The Morgan fingerprint density at radius 3 is 2.38 bits per heavy atom. The molecule has 2 aromatic carbocycles. The molecule has 0 fully saturated rings. The SMILES string of the molecule is CC[C@@H](C(=O)OCC(=O)N1CCC(c2ccccc2)=N1)c1ccccc1. The van der Waals surface area contributed by atoms with Gasteiger partial charge in [0.05, 0.1) is 18.2 Å². The zero-order valence-corrected chi connectivity index (χ0v) is 14.8. The van der Waals surface area contributed by atoms with Crippen LogP contribution in [0.4, 0.5) is 0 Å². The molecule has 1 heterocycles. The molecule has 0 radical (unpaired) electrons. The van der Waals surface area contributed by atoms with Crippen LogP contribution in [-0.2, 0) is 14.3 Å². The minimum Gasteiger partial charge on any atom is -0.455 e. The molecule has 0 saturated carbocycles. The monoisotopic (exact) mass is 350 g/mol. The largest absolute Gasteiger partial charge is 0.455 e. The zero-order valence-electron chi connectivity index (χ0n) is 14.8. The van der Waals surface area contributed by atoms with E-state index in [1.165, 1.54) is 5.01 Å². The maximum Gasteiger partial charge on any atom is 0.313 e. The Morgan fingerprint density at radius 2 is 1.73 bits per heavy atom. The van der Waals surface area contributed by atoms with E-state index in [9.17, 15) is 9.59 Å². The summed E-state index contributed by atoms with van der Waals surface area (Å²) < 4.78 is 5.27. The Morgan fingerprint density at radius 1 is 1.08 bits per heavy atom. The first kappa shape index (κ1) is 17.9. The molecule has 0 unspecified atom stereocenters. The molecule has 5 nitrogen and oxygen atoms in total. The van der Waals surface area contributed by atoms with Crippen molar-refractivity contribution in [1.82, 2.24) is 5.01 Å². The van der Waals surface area contributed by atoms with Crippen LogP contribution in [0.5, 0.6) is 0 Å². The maximum absolute atomic E-state index is 12.4. The first-order valence-electron chi connectivity index (χ1n) is 8.84. The second kappa shape index (κ2) is 8.43. The third kappa shape index (κ3) is 4.17. The van der Waals surface area contributed by atoms with Gasteiger partial charge in [0.25, 0.3) is 5.91 Å². The lowest BCUT2D eigenvalue weighted by Crippen LogP contribution is -2.30. The van der Waals surface area contributed by atoms with Crippen molar-refractivity contribution in [2.45, 2.75) is 25.7 Å². The van der Waals surface area contributed by atoms with E-state index in [0.29, 0.717) is 19.4 Å². The Kier molecular flexibility index (Phi) is 5.79. The van der Waals surface area contributed by atoms with Crippen LogP contribution in [0.25, 0.3) is 0 Å². The lowest BCUT2D eigenvalue weighted by molar-refractivity contribution is -0.153. The molecular formula is C21H22N2O3. The van der Waals surface area contributed by atoms with Crippen molar-refractivity contribution in [3.63, 3.8) is 0 Å². The number of carbonyl (C=O) groups is 2. The van der Waals surface area contributed by atoms with E-state index < -0.39 is 0 Å². The predicted octanol–water partition coefficient (Wildman–Crippen LogP) is 3.36. The Hall–Kier alpha value is -2.95. The molecule has 0 bridgehead atoms. The van der Waals surface area contributed by atoms with E-state index in [1.54, 1.807) is 0 Å². The van der Waals surface area contributed by atoms with Gasteiger partial charge in [-0.15, -0.1) is 0 Å². The summed E-state index contributed by atoms with van der Waals surface area (Å²) in [5, 5.41) is 5.76. The summed E-state index contributed by atoms with van der Waals surface area (Å²) >= 11 is 0. The fourth-order valence-electron chi connectivity index (χ4n) is 3.00. The van der Waals surface area contributed by atoms with Gasteiger partial charge in [-0.05, 0) is 17.5 Å². The van der Waals surface area contributed by atoms with Gasteiger partial charge in [0, 0.05) is 6.42 Å². The molecule has 0 saturated heterocycles. The molecule has 1 amide bonds. The number of hydrazone groups is 1. The number of nitrogens with zero attached hydrogens (tertiary/aromatic N) is 2. The molecule has 134 valence electrons. The average Bonchev–Trinajstić information content (AvgIpc) is 3.18. The predicted molar refractivity (Wildman–Crippen MR) is 99.7 cm³/mol. The highest BCUT2D eigenvalue weighted by molar-refractivity contribution is 6.02. The van der Waals surface area contributed by atoms with Crippen LogP contribution in [0.2, 0.25) is 0 Å². The smallest absolute Gasteiger partial charge is 0.313 e. The molecule has 0 aromatic heterocycles. The standard InChI is InChI=1S/C21H22N2O3/c1-2-18(16-9-5-3-6-10-16)21(25)26-15-20(24)23-14-13-19(22-23)17-11-7-4-8-12-17/h3-12,18H,2,13-15H2,1H3/t18-/m1/s1. The third-order valence-electron chi connectivity index (χ3n) is 4.43. The first-order valence-corrected chi connectivity index (χ1v) is 8.84. The van der Waals surface area contributed by atoms with Crippen molar-refractivity contribution in [2.24, 2.45) is 5.10 Å². The summed E-state index contributed by atoms with van der Waals surface area (Å²) in [6.07, 6.45) is 1.32. The lowest BCUT2D eigenvalue weighted by Gasteiger charge is -2.16. The fourth-order valence-corrected chi connectivity index (χ4v) is 3.00. The number of ether oxygens (including phenoxy) is 1. The summed E-state index contributed by atoms with van der Waals surface area (Å²) in [4.78, 5) is 24.7. The van der Waals surface area contributed by atoms with E-state index >= 15 is 0 Å². The fraction of sp³-hybridized carbons (Fsp3) is 0.286. The molecule has 26 heavy (non-hydrogen) atoms. The van der Waals surface area contributed by atoms with Crippen molar-refractivity contribution in [3.8, 4) is 0 Å². The van der Waals surface area contributed by atoms with E-state index in [1.807, 2.05) is 67.6 Å². The molecule has 0 spiro atoms. The summed E-state index contributed by atoms with van der Waals surface area (Å²) in [7, 11) is 0. The molecule has 5 heteroatoms. The Bertz CT molecular complexity index is 787. The van der Waals surface area contributed by atoms with Gasteiger partial charge in [-0.1, -0.05) is 67.6 Å². The summed E-state index contributed by atoms with van der Waals surface area (Å²) in [5.74, 6) is -1.03. The number of rotatable bonds is 6. The second-order valence-corrected chi connectivity index (χ2v) is 6.16. The van der Waals surface area contributed by atoms with Crippen molar-refractivity contribution >= 4 is 17.6 Å². The third-order valence-corrected chi connectivity index (χ3v) is 4.43. The highest BCUT2D eigenvalue weighted by atomic mass is 16.5. The molecule has 1 atom stereocenters. The average molecular weight is 350 g/mol. The summed E-state index contributed by atoms with van der Waals surface area (Å²) in [6.45, 7) is 2.15. The Balaban J connectivity index is 1.57. The van der Waals surface area contributed by atoms with E-state index in [-0.39, 0.29) is 24.4 Å². The number of hydrogen-bond acceptors (Lipinski definition) is 4. The van der Waals surface area contributed by atoms with Gasteiger partial charge in [0.2, 0.25) is 0 Å². The van der Waals surface area contributed by atoms with Gasteiger partial charge < -0.3 is 4.74 Å². The number of hydrogen-bond donors (Lipinski definition) is 0. The molecule has 0 aliphatic carbocycles. The zero-order chi connectivity index (χ0) is 18.4. The number of carbonyl (C=O) groups excluding carboxylic acids is 2. The van der Waals surface area contributed by atoms with E-state index in [4.69, 9.17) is 4.74 Å². The lowest BCUT2D eigenvalue weighted by atomic mass is 9.97. The van der Waals surface area contributed by atoms with Crippen LogP contribution in [0.15, 0.2) is 65.8 Å². The van der Waals surface area contributed by atoms with Crippen molar-refractivity contribution in [2.75, 3.05) is 13.2 Å². The Labute approximate surface area is 153 Å². The molecule has 1 aliphatic heterocycles. The van der Waals surface area contributed by atoms with Crippen LogP contribution in [-0.4, -0.2) is 35.7 Å². The van der Waals surface area contributed by atoms with Crippen LogP contribution >= 0.6 is 0 Å². The topological polar surface area (TPSA) is 59.0 Å². The summed E-state index contributed by atoms with van der Waals surface area (Å²) in [5.41, 5.74) is 2.79. The molecular weight excluding hydrogens is 328 g/mol. The van der Waals surface area contributed by atoms with Gasteiger partial charge in [0.15, 0.2) is 6.61 Å². The van der Waals surface area contributed by atoms with Crippen LogP contribution < -0.4 is 0 Å². The number of esters is 1. The highest BCUT2D eigenvalue weighted by Gasteiger charge is 2.25. The van der Waals surface area contributed by atoms with Crippen molar-refractivity contribution in [3.05, 3.63) is 71.8 Å². The van der Waals surface area contributed by atoms with E-state index in [2.05, 4.69) is 5.10 Å². The highest BCUT2D eigenvalue weighted by Crippen LogP contribution is 2.21. The van der Waals surface area contributed by atoms with E-state index in [0.717, 1.165) is 16.8 Å². The van der Waals surface area contributed by atoms with Crippen LogP contribution in [0, 0.1) is 0 Å². The minimum absolute atomic E-state index is 0.284. The van der Waals surface area contributed by atoms with Crippen LogP contribution in [0.1, 0.15) is 36.8 Å². The van der Waals surface area contributed by atoms with Gasteiger partial charge in [-0.25, -0.2) is 5.01 Å². The first-order chi connectivity index (χ1) is 12.7. The number of benzene rings is 2. The van der Waals surface area contributed by atoms with Crippen molar-refractivity contribution in [1.29, 1.82) is 0 Å². The van der Waals surface area contributed by atoms with Gasteiger partial charge in [0.1, 0.15) is 0 Å². The van der Waals surface area contributed by atoms with Gasteiger partial charge >= 0.3 is 5.97 Å². The minimum atomic E-state index is -0.376. The van der Waals surface area contributed by atoms with Gasteiger partial charge in [-0.3, -0.25) is 9.59 Å². The quantitative estimate of drug-likeness (QED) is 0.751. The second-order valence-electron chi connectivity index (χ2n) is 6.16.